The molecule has 2 rings (SSSR count). The molecule has 4 heteroatoms. The Balaban J connectivity index is 2.07. The maximum Gasteiger partial charge on any atom is 0.134 e. The predicted molar refractivity (Wildman–Crippen MR) is 75.8 cm³/mol. The Morgan fingerprint density at radius 2 is 1.80 bits per heavy atom. The van der Waals surface area contributed by atoms with Gasteiger partial charge >= 0.3 is 0 Å². The Kier molecular flexibility index (Phi) is 5.09. The SMILES string of the molecule is COCc1cccc(OCc2cccc(CN)c2F)c1. The van der Waals surface area contributed by atoms with E-state index in [1.165, 1.54) is 0 Å². The molecule has 0 saturated heterocycles. The van der Waals surface area contributed by atoms with Gasteiger partial charge in [-0.1, -0.05) is 30.3 Å². The molecule has 0 aliphatic rings. The molecule has 2 aromatic rings. The van der Waals surface area contributed by atoms with Gasteiger partial charge in [-0.05, 0) is 17.7 Å². The number of methoxy groups -OCH3 is 1. The van der Waals surface area contributed by atoms with Gasteiger partial charge in [0, 0.05) is 24.8 Å². The van der Waals surface area contributed by atoms with E-state index in [2.05, 4.69) is 0 Å². The molecule has 2 aromatic carbocycles. The fourth-order valence-electron chi connectivity index (χ4n) is 1.95. The molecule has 0 aliphatic carbocycles. The fraction of sp³-hybridized carbons (Fsp3) is 0.250. The van der Waals surface area contributed by atoms with Crippen molar-refractivity contribution in [3.05, 3.63) is 65.0 Å². The highest BCUT2D eigenvalue weighted by Gasteiger charge is 2.07. The first-order chi connectivity index (χ1) is 9.74. The summed E-state index contributed by atoms with van der Waals surface area (Å²) in [4.78, 5) is 0. The van der Waals surface area contributed by atoms with Crippen LogP contribution in [0.5, 0.6) is 5.75 Å². The molecule has 0 amide bonds. The lowest BCUT2D eigenvalue weighted by Gasteiger charge is -2.10. The lowest BCUT2D eigenvalue weighted by molar-refractivity contribution is 0.184. The Labute approximate surface area is 118 Å². The summed E-state index contributed by atoms with van der Waals surface area (Å²) in [6.45, 7) is 0.882. The minimum atomic E-state index is -0.289. The maximum absolute atomic E-state index is 14.0. The summed E-state index contributed by atoms with van der Waals surface area (Å²) in [5.74, 6) is 0.403. The van der Waals surface area contributed by atoms with E-state index in [4.69, 9.17) is 15.2 Å². The van der Waals surface area contributed by atoms with Crippen molar-refractivity contribution in [3.63, 3.8) is 0 Å². The molecular weight excluding hydrogens is 257 g/mol. The summed E-state index contributed by atoms with van der Waals surface area (Å²) in [7, 11) is 1.64. The molecule has 0 bridgehead atoms. The number of rotatable bonds is 6. The largest absolute Gasteiger partial charge is 0.489 e. The second-order valence-electron chi connectivity index (χ2n) is 4.46. The number of hydrogen-bond donors (Lipinski definition) is 1. The van der Waals surface area contributed by atoms with Crippen LogP contribution >= 0.6 is 0 Å². The van der Waals surface area contributed by atoms with E-state index < -0.39 is 0 Å². The molecule has 0 fully saturated rings. The van der Waals surface area contributed by atoms with Crippen LogP contribution in [-0.2, 0) is 24.5 Å². The minimum Gasteiger partial charge on any atom is -0.489 e. The van der Waals surface area contributed by atoms with E-state index >= 15 is 0 Å². The summed E-state index contributed by atoms with van der Waals surface area (Å²) in [6, 6.07) is 12.7. The molecule has 2 N–H and O–H groups in total. The molecule has 0 aliphatic heterocycles. The first kappa shape index (κ1) is 14.5. The first-order valence-corrected chi connectivity index (χ1v) is 6.41. The fourth-order valence-corrected chi connectivity index (χ4v) is 1.95. The van der Waals surface area contributed by atoms with Gasteiger partial charge in [0.2, 0.25) is 0 Å². The highest BCUT2D eigenvalue weighted by molar-refractivity contribution is 5.30. The molecule has 0 aromatic heterocycles. The number of halogens is 1. The van der Waals surface area contributed by atoms with Crippen molar-refractivity contribution < 1.29 is 13.9 Å². The summed E-state index contributed by atoms with van der Waals surface area (Å²) < 4.78 is 24.7. The summed E-state index contributed by atoms with van der Waals surface area (Å²) in [5.41, 5.74) is 7.50. The van der Waals surface area contributed by atoms with Crippen LogP contribution in [0.4, 0.5) is 4.39 Å². The molecule has 106 valence electrons. The lowest BCUT2D eigenvalue weighted by atomic mass is 10.1. The summed E-state index contributed by atoms with van der Waals surface area (Å²) in [6.07, 6.45) is 0. The topological polar surface area (TPSA) is 44.5 Å². The van der Waals surface area contributed by atoms with Crippen LogP contribution < -0.4 is 10.5 Å². The molecule has 0 saturated carbocycles. The van der Waals surface area contributed by atoms with E-state index in [-0.39, 0.29) is 19.0 Å². The minimum absolute atomic E-state index is 0.177. The molecule has 0 unspecified atom stereocenters. The summed E-state index contributed by atoms with van der Waals surface area (Å²) >= 11 is 0. The van der Waals surface area contributed by atoms with Crippen LogP contribution in [0, 0.1) is 5.82 Å². The molecule has 0 atom stereocenters. The second-order valence-corrected chi connectivity index (χ2v) is 4.46. The number of hydrogen-bond acceptors (Lipinski definition) is 3. The monoisotopic (exact) mass is 275 g/mol. The summed E-state index contributed by atoms with van der Waals surface area (Å²) in [5, 5.41) is 0. The Morgan fingerprint density at radius 3 is 2.55 bits per heavy atom. The van der Waals surface area contributed by atoms with Crippen molar-refractivity contribution in [2.24, 2.45) is 5.73 Å². The van der Waals surface area contributed by atoms with E-state index in [0.29, 0.717) is 23.5 Å². The van der Waals surface area contributed by atoms with Gasteiger partial charge < -0.3 is 15.2 Å². The van der Waals surface area contributed by atoms with Crippen LogP contribution in [0.25, 0.3) is 0 Å². The van der Waals surface area contributed by atoms with E-state index in [0.717, 1.165) is 5.56 Å². The van der Waals surface area contributed by atoms with Gasteiger partial charge in [0.1, 0.15) is 18.2 Å². The van der Waals surface area contributed by atoms with Crippen LogP contribution in [0.3, 0.4) is 0 Å². The third-order valence-electron chi connectivity index (χ3n) is 2.98. The second kappa shape index (κ2) is 7.03. The smallest absolute Gasteiger partial charge is 0.134 e. The van der Waals surface area contributed by atoms with Gasteiger partial charge in [0.25, 0.3) is 0 Å². The molecule has 20 heavy (non-hydrogen) atoms. The number of ether oxygens (including phenoxy) is 2. The van der Waals surface area contributed by atoms with E-state index in [1.54, 1.807) is 25.3 Å². The predicted octanol–water partition coefficient (Wildman–Crippen LogP) is 3.01. The highest BCUT2D eigenvalue weighted by atomic mass is 19.1. The molecule has 0 radical (unpaired) electrons. The zero-order valence-electron chi connectivity index (χ0n) is 11.4. The van der Waals surface area contributed by atoms with Gasteiger partial charge in [-0.3, -0.25) is 0 Å². The van der Waals surface area contributed by atoms with Crippen molar-refractivity contribution >= 4 is 0 Å². The van der Waals surface area contributed by atoms with E-state index in [9.17, 15) is 4.39 Å². The number of nitrogens with two attached hydrogens (primary N) is 1. The first-order valence-electron chi connectivity index (χ1n) is 6.41. The normalized spacial score (nSPS) is 10.6. The van der Waals surface area contributed by atoms with Crippen molar-refractivity contribution in [1.82, 2.24) is 0 Å². The van der Waals surface area contributed by atoms with Gasteiger partial charge in [-0.15, -0.1) is 0 Å². The van der Waals surface area contributed by atoms with Crippen molar-refractivity contribution in [3.8, 4) is 5.75 Å². The van der Waals surface area contributed by atoms with Gasteiger partial charge in [0.05, 0.1) is 6.61 Å². The van der Waals surface area contributed by atoms with Crippen LogP contribution in [0.1, 0.15) is 16.7 Å². The maximum atomic E-state index is 14.0. The lowest BCUT2D eigenvalue weighted by Crippen LogP contribution is -2.05. The van der Waals surface area contributed by atoms with Crippen molar-refractivity contribution in [2.45, 2.75) is 19.8 Å². The van der Waals surface area contributed by atoms with E-state index in [1.807, 2.05) is 24.3 Å². The molecule has 0 heterocycles. The average molecular weight is 275 g/mol. The highest BCUT2D eigenvalue weighted by Crippen LogP contribution is 2.18. The molecular formula is C16H18FNO2. The average Bonchev–Trinajstić information content (AvgIpc) is 2.47. The Morgan fingerprint density at radius 1 is 1.05 bits per heavy atom. The van der Waals surface area contributed by atoms with Gasteiger partial charge in [-0.2, -0.15) is 0 Å². The van der Waals surface area contributed by atoms with Crippen LogP contribution in [0.2, 0.25) is 0 Å². The van der Waals surface area contributed by atoms with Gasteiger partial charge in [0.15, 0.2) is 0 Å². The zero-order chi connectivity index (χ0) is 14.4. The number of benzene rings is 2. The van der Waals surface area contributed by atoms with Crippen LogP contribution in [0.15, 0.2) is 42.5 Å². The standard InChI is InChI=1S/C16H18FNO2/c1-19-10-12-4-2-7-15(8-12)20-11-14-6-3-5-13(9-18)16(14)17/h2-8H,9-11,18H2,1H3. The molecule has 0 spiro atoms. The molecule has 3 nitrogen and oxygen atoms in total. The zero-order valence-corrected chi connectivity index (χ0v) is 11.4. The Hall–Kier alpha value is -1.91. The Bertz CT molecular complexity index is 572. The quantitative estimate of drug-likeness (QED) is 0.881. The van der Waals surface area contributed by atoms with Crippen molar-refractivity contribution in [2.75, 3.05) is 7.11 Å². The third-order valence-corrected chi connectivity index (χ3v) is 2.98. The van der Waals surface area contributed by atoms with Crippen molar-refractivity contribution in [1.29, 1.82) is 0 Å². The van der Waals surface area contributed by atoms with Crippen LogP contribution in [-0.4, -0.2) is 7.11 Å². The van der Waals surface area contributed by atoms with Gasteiger partial charge in [-0.25, -0.2) is 4.39 Å². The third kappa shape index (κ3) is 3.56.